The molecule has 0 bridgehead atoms. The molecule has 1 fully saturated rings. The van der Waals surface area contributed by atoms with Crippen LogP contribution in [-0.4, -0.2) is 44.4 Å². The Bertz CT molecular complexity index is 1220. The molecule has 164 valence electrons. The van der Waals surface area contributed by atoms with Gasteiger partial charge in [-0.1, -0.05) is 12.1 Å². The van der Waals surface area contributed by atoms with Crippen molar-refractivity contribution in [3.63, 3.8) is 0 Å². The third kappa shape index (κ3) is 4.55. The van der Waals surface area contributed by atoms with Gasteiger partial charge in [0.15, 0.2) is 0 Å². The van der Waals surface area contributed by atoms with E-state index in [0.717, 1.165) is 12.8 Å². The summed E-state index contributed by atoms with van der Waals surface area (Å²) in [4.78, 5) is 13.3. The number of hydrogen-bond donors (Lipinski definition) is 2. The number of anilines is 1. The van der Waals surface area contributed by atoms with Gasteiger partial charge in [-0.15, -0.1) is 0 Å². The Morgan fingerprint density at radius 1 is 1.26 bits per heavy atom. The van der Waals surface area contributed by atoms with Crippen LogP contribution < -0.4 is 15.2 Å². The van der Waals surface area contributed by atoms with Crippen molar-refractivity contribution < 1.29 is 22.7 Å². The van der Waals surface area contributed by atoms with Crippen molar-refractivity contribution in [3.05, 3.63) is 48.2 Å². The van der Waals surface area contributed by atoms with Gasteiger partial charge in [0, 0.05) is 25.4 Å². The van der Waals surface area contributed by atoms with Crippen molar-refractivity contribution in [3.8, 4) is 5.75 Å². The van der Waals surface area contributed by atoms with Crippen LogP contribution >= 0.6 is 0 Å². The van der Waals surface area contributed by atoms with Gasteiger partial charge in [-0.3, -0.25) is 9.48 Å². The van der Waals surface area contributed by atoms with Gasteiger partial charge in [0.1, 0.15) is 11.4 Å². The lowest BCUT2D eigenvalue weighted by molar-refractivity contribution is 0.0598. The molecule has 3 N–H and O–H groups in total. The van der Waals surface area contributed by atoms with Gasteiger partial charge in [-0.2, -0.15) is 5.10 Å². The lowest BCUT2D eigenvalue weighted by atomic mass is 10.0. The summed E-state index contributed by atoms with van der Waals surface area (Å²) in [6, 6.07) is 11.3. The number of benzene rings is 2. The number of ether oxygens (including phenoxy) is 2. The van der Waals surface area contributed by atoms with Crippen molar-refractivity contribution in [1.29, 1.82) is 0 Å². The molecule has 2 aromatic carbocycles. The standard InChI is InChI=1S/C21H24N4O5S/c1-29-18-7-3-6-17-19(18)20(25(24-17)13-14-8-10-30-11-9-14)21(26)23-15-4-2-5-16(12-15)31(22,27)28/h2-7,12,14H,8-11,13H2,1H3,(H,23,26)(H2,22,27,28). The quantitative estimate of drug-likeness (QED) is 0.601. The van der Waals surface area contributed by atoms with Crippen LogP contribution in [0.2, 0.25) is 0 Å². The first-order valence-corrected chi connectivity index (χ1v) is 11.5. The number of methoxy groups -OCH3 is 1. The Kier molecular flexibility index (Phi) is 5.94. The molecule has 2 heterocycles. The van der Waals surface area contributed by atoms with Crippen LogP contribution in [0.4, 0.5) is 5.69 Å². The zero-order valence-electron chi connectivity index (χ0n) is 17.1. The number of nitrogens with zero attached hydrogens (tertiary/aromatic N) is 2. The lowest BCUT2D eigenvalue weighted by Crippen LogP contribution is -2.25. The molecule has 0 spiro atoms. The number of primary sulfonamides is 1. The molecule has 1 aromatic heterocycles. The lowest BCUT2D eigenvalue weighted by Gasteiger charge is -2.22. The van der Waals surface area contributed by atoms with Crippen molar-refractivity contribution in [2.45, 2.75) is 24.3 Å². The second-order valence-corrected chi connectivity index (χ2v) is 9.03. The van der Waals surface area contributed by atoms with Crippen LogP contribution in [-0.2, 0) is 21.3 Å². The van der Waals surface area contributed by atoms with Gasteiger partial charge < -0.3 is 14.8 Å². The van der Waals surface area contributed by atoms with Crippen molar-refractivity contribution in [2.75, 3.05) is 25.6 Å². The van der Waals surface area contributed by atoms with E-state index in [1.165, 1.54) is 18.2 Å². The van der Waals surface area contributed by atoms with E-state index < -0.39 is 15.9 Å². The Labute approximate surface area is 180 Å². The Morgan fingerprint density at radius 2 is 2.00 bits per heavy atom. The fraction of sp³-hybridized carbons (Fsp3) is 0.333. The predicted molar refractivity (Wildman–Crippen MR) is 116 cm³/mol. The summed E-state index contributed by atoms with van der Waals surface area (Å²) < 4.78 is 36.0. The van der Waals surface area contributed by atoms with E-state index in [2.05, 4.69) is 10.4 Å². The monoisotopic (exact) mass is 444 g/mol. The van der Waals surface area contributed by atoms with E-state index in [4.69, 9.17) is 14.6 Å². The number of nitrogens with one attached hydrogen (secondary N) is 1. The first-order valence-electron chi connectivity index (χ1n) is 9.92. The van der Waals surface area contributed by atoms with Gasteiger partial charge in [0.2, 0.25) is 10.0 Å². The second-order valence-electron chi connectivity index (χ2n) is 7.47. The number of hydrogen-bond acceptors (Lipinski definition) is 6. The Hall–Kier alpha value is -2.95. The van der Waals surface area contributed by atoms with Crippen LogP contribution in [0.1, 0.15) is 23.3 Å². The zero-order valence-corrected chi connectivity index (χ0v) is 17.9. The van der Waals surface area contributed by atoms with E-state index in [-0.39, 0.29) is 4.90 Å². The highest BCUT2D eigenvalue weighted by molar-refractivity contribution is 7.89. The summed E-state index contributed by atoms with van der Waals surface area (Å²) in [5.41, 5.74) is 1.33. The summed E-state index contributed by atoms with van der Waals surface area (Å²) in [5.74, 6) is 0.469. The van der Waals surface area contributed by atoms with Crippen LogP contribution in [0.5, 0.6) is 5.75 Å². The minimum atomic E-state index is -3.89. The molecular weight excluding hydrogens is 420 g/mol. The molecule has 0 unspecified atom stereocenters. The maximum absolute atomic E-state index is 13.3. The SMILES string of the molecule is COc1cccc2nn(CC3CCOCC3)c(C(=O)Nc3cccc(S(N)(=O)=O)c3)c12. The summed E-state index contributed by atoms with van der Waals surface area (Å²) in [7, 11) is -2.34. The Morgan fingerprint density at radius 3 is 2.71 bits per heavy atom. The molecule has 0 saturated carbocycles. The largest absolute Gasteiger partial charge is 0.496 e. The van der Waals surface area contributed by atoms with E-state index in [0.29, 0.717) is 53.7 Å². The van der Waals surface area contributed by atoms with Gasteiger partial charge in [-0.25, -0.2) is 13.6 Å². The number of aromatic nitrogens is 2. The normalized spacial score (nSPS) is 15.2. The molecule has 0 aliphatic carbocycles. The Balaban J connectivity index is 1.73. The van der Waals surface area contributed by atoms with Gasteiger partial charge in [0.05, 0.1) is 22.9 Å². The molecule has 31 heavy (non-hydrogen) atoms. The summed E-state index contributed by atoms with van der Waals surface area (Å²) in [5, 5.41) is 13.3. The average molecular weight is 445 g/mol. The minimum absolute atomic E-state index is 0.0801. The van der Waals surface area contributed by atoms with Gasteiger partial charge >= 0.3 is 0 Å². The van der Waals surface area contributed by atoms with Gasteiger partial charge in [-0.05, 0) is 49.1 Å². The summed E-state index contributed by atoms with van der Waals surface area (Å²) in [6.45, 7) is 1.95. The van der Waals surface area contributed by atoms with E-state index >= 15 is 0 Å². The third-order valence-corrected chi connectivity index (χ3v) is 6.27. The number of rotatable bonds is 6. The van der Waals surface area contributed by atoms with Crippen molar-refractivity contribution in [2.24, 2.45) is 11.1 Å². The molecule has 4 rings (SSSR count). The smallest absolute Gasteiger partial charge is 0.274 e. The molecule has 1 aliphatic heterocycles. The molecule has 0 atom stereocenters. The van der Waals surface area contributed by atoms with Gasteiger partial charge in [0.25, 0.3) is 5.91 Å². The second kappa shape index (κ2) is 8.66. The first kappa shape index (κ1) is 21.3. The van der Waals surface area contributed by atoms with Crippen molar-refractivity contribution >= 4 is 32.5 Å². The fourth-order valence-electron chi connectivity index (χ4n) is 3.80. The highest BCUT2D eigenvalue weighted by Gasteiger charge is 2.25. The number of sulfonamides is 1. The first-order chi connectivity index (χ1) is 14.9. The van der Waals surface area contributed by atoms with Crippen LogP contribution in [0.3, 0.4) is 0 Å². The van der Waals surface area contributed by atoms with Crippen LogP contribution in [0.15, 0.2) is 47.4 Å². The molecule has 9 nitrogen and oxygen atoms in total. The van der Waals surface area contributed by atoms with E-state index in [9.17, 15) is 13.2 Å². The summed E-state index contributed by atoms with van der Waals surface area (Å²) >= 11 is 0. The minimum Gasteiger partial charge on any atom is -0.496 e. The van der Waals surface area contributed by atoms with E-state index in [1.807, 2.05) is 12.1 Å². The predicted octanol–water partition coefficient (Wildman–Crippen LogP) is 2.37. The maximum atomic E-state index is 13.3. The number of amides is 1. The van der Waals surface area contributed by atoms with E-state index in [1.54, 1.807) is 23.9 Å². The average Bonchev–Trinajstić information content (AvgIpc) is 3.12. The van der Waals surface area contributed by atoms with Crippen LogP contribution in [0, 0.1) is 5.92 Å². The molecule has 1 amide bonds. The van der Waals surface area contributed by atoms with Crippen LogP contribution in [0.25, 0.3) is 10.9 Å². The third-order valence-electron chi connectivity index (χ3n) is 5.36. The summed E-state index contributed by atoms with van der Waals surface area (Å²) in [6.07, 6.45) is 1.79. The molecule has 10 heteroatoms. The number of carbonyl (C=O) groups excluding carboxylic acids is 1. The molecule has 0 radical (unpaired) electrons. The fourth-order valence-corrected chi connectivity index (χ4v) is 4.36. The topological polar surface area (TPSA) is 126 Å². The number of nitrogens with two attached hydrogens (primary N) is 1. The molecule has 1 saturated heterocycles. The molecular formula is C21H24N4O5S. The number of carbonyl (C=O) groups is 1. The highest BCUT2D eigenvalue weighted by atomic mass is 32.2. The zero-order chi connectivity index (χ0) is 22.0. The molecule has 3 aromatic rings. The molecule has 1 aliphatic rings. The number of fused-ring (bicyclic) bond motifs is 1. The maximum Gasteiger partial charge on any atom is 0.274 e. The van der Waals surface area contributed by atoms with Crippen molar-refractivity contribution in [1.82, 2.24) is 9.78 Å². The highest BCUT2D eigenvalue weighted by Crippen LogP contribution is 2.31.